The third-order valence-electron chi connectivity index (χ3n) is 6.74. The van der Waals surface area contributed by atoms with E-state index < -0.39 is 5.41 Å². The van der Waals surface area contributed by atoms with Gasteiger partial charge < -0.3 is 19.4 Å². The van der Waals surface area contributed by atoms with Crippen molar-refractivity contribution in [3.63, 3.8) is 0 Å². The Morgan fingerprint density at radius 2 is 1.94 bits per heavy atom. The largest absolute Gasteiger partial charge is 0.493 e. The lowest BCUT2D eigenvalue weighted by Crippen LogP contribution is -2.53. The summed E-state index contributed by atoms with van der Waals surface area (Å²) in [6.45, 7) is 6.77. The SMILES string of the molecule is Cc1nc(CC(=O)N2CCC[C@](COc3cccc(Cl)c3)(CC(=O)N3CCN(C)CC3)C2)cs1. The highest BCUT2D eigenvalue weighted by Gasteiger charge is 2.41. The minimum Gasteiger partial charge on any atom is -0.493 e. The van der Waals surface area contributed by atoms with E-state index in [9.17, 15) is 9.59 Å². The van der Waals surface area contributed by atoms with Gasteiger partial charge >= 0.3 is 0 Å². The highest BCUT2D eigenvalue weighted by atomic mass is 35.5. The highest BCUT2D eigenvalue weighted by molar-refractivity contribution is 7.09. The van der Waals surface area contributed by atoms with Crippen molar-refractivity contribution >= 4 is 34.8 Å². The lowest BCUT2D eigenvalue weighted by molar-refractivity contribution is -0.142. The second-order valence-electron chi connectivity index (χ2n) is 9.56. The van der Waals surface area contributed by atoms with Gasteiger partial charge in [-0.25, -0.2) is 4.98 Å². The van der Waals surface area contributed by atoms with Crippen LogP contribution in [0.2, 0.25) is 5.02 Å². The molecule has 1 atom stereocenters. The topological polar surface area (TPSA) is 66.0 Å². The van der Waals surface area contributed by atoms with Crippen LogP contribution in [0.25, 0.3) is 0 Å². The van der Waals surface area contributed by atoms with Crippen molar-refractivity contribution in [2.75, 3.05) is 52.9 Å². The number of amides is 2. The summed E-state index contributed by atoms with van der Waals surface area (Å²) in [6, 6.07) is 7.32. The maximum absolute atomic E-state index is 13.3. The summed E-state index contributed by atoms with van der Waals surface area (Å²) >= 11 is 7.70. The van der Waals surface area contributed by atoms with Crippen LogP contribution in [0.3, 0.4) is 0 Å². The molecule has 1 aromatic heterocycles. The van der Waals surface area contributed by atoms with E-state index in [0.29, 0.717) is 43.3 Å². The summed E-state index contributed by atoms with van der Waals surface area (Å²) < 4.78 is 6.17. The number of likely N-dealkylation sites (tertiary alicyclic amines) is 1. The number of halogens is 1. The molecule has 9 heteroatoms. The summed E-state index contributed by atoms with van der Waals surface area (Å²) in [7, 11) is 2.08. The van der Waals surface area contributed by atoms with Crippen molar-refractivity contribution in [1.29, 1.82) is 0 Å². The minimum atomic E-state index is -0.436. The Morgan fingerprint density at radius 3 is 2.65 bits per heavy atom. The molecular formula is C25H33ClN4O3S. The number of aryl methyl sites for hydroxylation is 1. The molecule has 34 heavy (non-hydrogen) atoms. The van der Waals surface area contributed by atoms with Crippen LogP contribution in [-0.2, 0) is 16.0 Å². The van der Waals surface area contributed by atoms with E-state index in [4.69, 9.17) is 16.3 Å². The number of thiazole rings is 1. The number of carbonyl (C=O) groups is 2. The van der Waals surface area contributed by atoms with Gasteiger partial charge in [0.1, 0.15) is 5.75 Å². The number of carbonyl (C=O) groups excluding carboxylic acids is 2. The number of nitrogens with zero attached hydrogens (tertiary/aromatic N) is 4. The van der Waals surface area contributed by atoms with Crippen molar-refractivity contribution in [2.45, 2.75) is 32.6 Å². The van der Waals surface area contributed by atoms with E-state index in [-0.39, 0.29) is 11.8 Å². The molecule has 2 saturated heterocycles. The minimum absolute atomic E-state index is 0.0594. The molecule has 0 spiro atoms. The fourth-order valence-electron chi connectivity index (χ4n) is 4.77. The predicted molar refractivity (Wildman–Crippen MR) is 134 cm³/mol. The van der Waals surface area contributed by atoms with Gasteiger partial charge in [0.05, 0.1) is 23.7 Å². The molecule has 7 nitrogen and oxygen atoms in total. The molecular weight excluding hydrogens is 472 g/mol. The summed E-state index contributed by atoms with van der Waals surface area (Å²) in [5.41, 5.74) is 0.377. The molecule has 0 saturated carbocycles. The molecule has 4 rings (SSSR count). The summed E-state index contributed by atoms with van der Waals surface area (Å²) in [4.78, 5) is 37.0. The van der Waals surface area contributed by atoms with Crippen molar-refractivity contribution in [3.05, 3.63) is 45.4 Å². The van der Waals surface area contributed by atoms with E-state index in [2.05, 4.69) is 16.9 Å². The summed E-state index contributed by atoms with van der Waals surface area (Å²) in [5.74, 6) is 0.886. The Balaban J connectivity index is 1.48. The van der Waals surface area contributed by atoms with Crippen LogP contribution in [-0.4, -0.2) is 84.4 Å². The van der Waals surface area contributed by atoms with Crippen LogP contribution in [0.15, 0.2) is 29.6 Å². The molecule has 0 unspecified atom stereocenters. The normalized spacial score (nSPS) is 21.5. The molecule has 3 heterocycles. The van der Waals surface area contributed by atoms with Gasteiger partial charge in [-0.05, 0) is 45.0 Å². The fraction of sp³-hybridized carbons (Fsp3) is 0.560. The first kappa shape index (κ1) is 24.9. The van der Waals surface area contributed by atoms with E-state index in [1.54, 1.807) is 17.4 Å². The lowest BCUT2D eigenvalue weighted by Gasteiger charge is -2.43. The van der Waals surface area contributed by atoms with Crippen LogP contribution in [0.5, 0.6) is 5.75 Å². The fourth-order valence-corrected chi connectivity index (χ4v) is 5.56. The van der Waals surface area contributed by atoms with Crippen LogP contribution in [0.1, 0.15) is 30.0 Å². The zero-order chi connectivity index (χ0) is 24.1. The van der Waals surface area contributed by atoms with Gasteiger partial charge in [0.25, 0.3) is 0 Å². The zero-order valence-corrected chi connectivity index (χ0v) is 21.5. The van der Waals surface area contributed by atoms with Gasteiger partial charge in [0.15, 0.2) is 0 Å². The number of piperidine rings is 1. The van der Waals surface area contributed by atoms with Crippen molar-refractivity contribution in [3.8, 4) is 5.75 Å². The summed E-state index contributed by atoms with van der Waals surface area (Å²) in [6.07, 6.45) is 2.35. The molecule has 2 fully saturated rings. The van der Waals surface area contributed by atoms with Crippen LogP contribution in [0.4, 0.5) is 0 Å². The third kappa shape index (κ3) is 6.49. The Morgan fingerprint density at radius 1 is 1.15 bits per heavy atom. The summed E-state index contributed by atoms with van der Waals surface area (Å²) in [5, 5.41) is 3.52. The standard InChI is InChI=1S/C25H33ClN4O3S/c1-19-27-21(16-34-19)14-23(31)30-8-4-7-25(17-30,18-33-22-6-3-5-20(26)13-22)15-24(32)29-11-9-28(2)10-12-29/h3,5-6,13,16H,4,7-12,14-15,17-18H2,1-2H3/t25-/m0/s1. The van der Waals surface area contributed by atoms with Gasteiger partial charge in [-0.2, -0.15) is 0 Å². The number of aromatic nitrogens is 1. The average molecular weight is 505 g/mol. The second-order valence-corrected chi connectivity index (χ2v) is 11.1. The van der Waals surface area contributed by atoms with Crippen LogP contribution >= 0.6 is 22.9 Å². The number of hydrogen-bond acceptors (Lipinski definition) is 6. The Kier molecular flexibility index (Phi) is 8.11. The number of hydrogen-bond donors (Lipinski definition) is 0. The van der Waals surface area contributed by atoms with Crippen molar-refractivity contribution in [2.24, 2.45) is 5.41 Å². The number of likely N-dealkylation sites (N-methyl/N-ethyl adjacent to an activating group) is 1. The molecule has 0 bridgehead atoms. The number of benzene rings is 1. The molecule has 0 aliphatic carbocycles. The quantitative estimate of drug-likeness (QED) is 0.577. The van der Waals surface area contributed by atoms with E-state index in [1.807, 2.05) is 40.3 Å². The average Bonchev–Trinajstić information content (AvgIpc) is 3.23. The smallest absolute Gasteiger partial charge is 0.228 e. The van der Waals surface area contributed by atoms with Gasteiger partial charge in [-0.3, -0.25) is 9.59 Å². The first-order chi connectivity index (χ1) is 16.3. The highest BCUT2D eigenvalue weighted by Crippen LogP contribution is 2.36. The third-order valence-corrected chi connectivity index (χ3v) is 7.79. The van der Waals surface area contributed by atoms with E-state index >= 15 is 0 Å². The Labute approximate surface area is 210 Å². The van der Waals surface area contributed by atoms with Gasteiger partial charge in [0.2, 0.25) is 11.8 Å². The molecule has 2 aliphatic heterocycles. The number of piperazine rings is 1. The second kappa shape index (κ2) is 11.1. The lowest BCUT2D eigenvalue weighted by atomic mass is 9.77. The Hall–Kier alpha value is -2.16. The molecule has 0 radical (unpaired) electrons. The van der Waals surface area contributed by atoms with Gasteiger partial charge in [0, 0.05) is 61.5 Å². The van der Waals surface area contributed by atoms with Gasteiger partial charge in [-0.15, -0.1) is 11.3 Å². The van der Waals surface area contributed by atoms with Crippen LogP contribution in [0, 0.1) is 12.3 Å². The van der Waals surface area contributed by atoms with E-state index in [0.717, 1.165) is 49.7 Å². The molecule has 184 valence electrons. The van der Waals surface area contributed by atoms with Crippen molar-refractivity contribution in [1.82, 2.24) is 19.7 Å². The Bertz CT molecular complexity index is 1010. The monoisotopic (exact) mass is 504 g/mol. The van der Waals surface area contributed by atoms with Gasteiger partial charge in [-0.1, -0.05) is 17.7 Å². The molecule has 2 aliphatic rings. The number of ether oxygens (including phenoxy) is 1. The maximum Gasteiger partial charge on any atom is 0.228 e. The van der Waals surface area contributed by atoms with E-state index in [1.165, 1.54) is 0 Å². The number of rotatable bonds is 7. The first-order valence-corrected chi connectivity index (χ1v) is 13.1. The molecule has 2 aromatic rings. The van der Waals surface area contributed by atoms with Crippen molar-refractivity contribution < 1.29 is 14.3 Å². The van der Waals surface area contributed by atoms with Crippen LogP contribution < -0.4 is 4.74 Å². The predicted octanol–water partition coefficient (Wildman–Crippen LogP) is 3.50. The molecule has 2 amide bonds. The first-order valence-electron chi connectivity index (χ1n) is 11.9. The molecule has 1 aromatic carbocycles. The maximum atomic E-state index is 13.3. The molecule has 0 N–H and O–H groups in total. The zero-order valence-electron chi connectivity index (χ0n) is 20.0.